The van der Waals surface area contributed by atoms with Gasteiger partial charge in [-0.3, -0.25) is 10.1 Å². The number of aromatic nitrogens is 1. The highest BCUT2D eigenvalue weighted by atomic mass is 32.1. The number of methoxy groups -OCH3 is 1. The van der Waals surface area contributed by atoms with Gasteiger partial charge < -0.3 is 19.9 Å². The van der Waals surface area contributed by atoms with Crippen molar-refractivity contribution in [3.63, 3.8) is 0 Å². The number of aromatic hydroxyl groups is 1. The molecule has 0 bridgehead atoms. The third kappa shape index (κ3) is 5.05. The van der Waals surface area contributed by atoms with Crippen molar-refractivity contribution in [2.75, 3.05) is 19.0 Å². The van der Waals surface area contributed by atoms with Crippen LogP contribution >= 0.6 is 23.6 Å². The first-order valence-electron chi connectivity index (χ1n) is 8.10. The highest BCUT2D eigenvalue weighted by molar-refractivity contribution is 7.80. The number of nitrogens with zero attached hydrogens (tertiary/aromatic N) is 1. The number of hydrogen-bond donors (Lipinski definition) is 3. The number of aryl methyl sites for hydroxylation is 1. The van der Waals surface area contributed by atoms with E-state index in [-0.39, 0.29) is 28.8 Å². The molecule has 0 spiro atoms. The van der Waals surface area contributed by atoms with Gasteiger partial charge in [-0.2, -0.15) is 0 Å². The Morgan fingerprint density at radius 1 is 1.39 bits per heavy atom. The lowest BCUT2D eigenvalue weighted by Crippen LogP contribution is -2.34. The number of phenolic OH excluding ortho intramolecular Hbond substituents is 1. The number of hydrogen-bond acceptors (Lipinski definition) is 8. The van der Waals surface area contributed by atoms with Crippen LogP contribution in [0, 0.1) is 6.92 Å². The fourth-order valence-corrected chi connectivity index (χ4v) is 3.26. The topological polar surface area (TPSA) is 110 Å². The number of amides is 1. The highest BCUT2D eigenvalue weighted by Crippen LogP contribution is 2.29. The van der Waals surface area contributed by atoms with Crippen LogP contribution in [-0.2, 0) is 9.53 Å². The molecule has 1 heterocycles. The van der Waals surface area contributed by atoms with Crippen LogP contribution in [-0.4, -0.2) is 40.8 Å². The summed E-state index contributed by atoms with van der Waals surface area (Å²) in [5, 5.41) is 15.2. The zero-order chi connectivity index (χ0) is 20.8. The van der Waals surface area contributed by atoms with Crippen LogP contribution in [0.4, 0.5) is 5.13 Å². The first kappa shape index (κ1) is 21.3. The number of benzene rings is 1. The Morgan fingerprint density at radius 2 is 2.11 bits per heavy atom. The van der Waals surface area contributed by atoms with Crippen LogP contribution in [0.5, 0.6) is 11.5 Å². The summed E-state index contributed by atoms with van der Waals surface area (Å²) >= 11 is 6.19. The Kier molecular flexibility index (Phi) is 7.07. The first-order valence-corrected chi connectivity index (χ1v) is 9.32. The summed E-state index contributed by atoms with van der Waals surface area (Å²) in [5.74, 6) is -0.829. The second-order valence-corrected chi connectivity index (χ2v) is 6.83. The van der Waals surface area contributed by atoms with Gasteiger partial charge in [-0.15, -0.1) is 0 Å². The molecule has 1 amide bonds. The summed E-state index contributed by atoms with van der Waals surface area (Å²) in [6.07, 6.45) is 0. The van der Waals surface area contributed by atoms with E-state index in [9.17, 15) is 14.7 Å². The predicted molar refractivity (Wildman–Crippen MR) is 111 cm³/mol. The zero-order valence-corrected chi connectivity index (χ0v) is 17.1. The average molecular weight is 422 g/mol. The molecule has 0 aliphatic rings. The molecule has 0 aliphatic carbocycles. The van der Waals surface area contributed by atoms with Crippen LogP contribution in [0.1, 0.15) is 27.9 Å². The number of carbonyl (C=O) groups excluding carboxylic acids is 2. The van der Waals surface area contributed by atoms with E-state index in [1.165, 1.54) is 25.3 Å². The molecule has 148 valence electrons. The van der Waals surface area contributed by atoms with Gasteiger partial charge in [0.1, 0.15) is 4.88 Å². The molecule has 3 N–H and O–H groups in total. The minimum Gasteiger partial charge on any atom is -0.504 e. The summed E-state index contributed by atoms with van der Waals surface area (Å²) in [6.45, 7) is 7.40. The molecule has 0 saturated carbocycles. The lowest BCUT2D eigenvalue weighted by Gasteiger charge is -2.11. The molecule has 1 aromatic heterocycles. The molecule has 28 heavy (non-hydrogen) atoms. The first-order chi connectivity index (χ1) is 13.3. The summed E-state index contributed by atoms with van der Waals surface area (Å²) in [5.41, 5.74) is 1.09. The second-order valence-electron chi connectivity index (χ2n) is 5.43. The lowest BCUT2D eigenvalue weighted by molar-refractivity contribution is -0.114. The van der Waals surface area contributed by atoms with Crippen LogP contribution in [0.2, 0.25) is 0 Å². The highest BCUT2D eigenvalue weighted by Gasteiger charge is 2.18. The number of rotatable bonds is 6. The Balaban J connectivity index is 2.03. The molecule has 2 aromatic rings. The van der Waals surface area contributed by atoms with Crippen molar-refractivity contribution in [3.8, 4) is 11.5 Å². The lowest BCUT2D eigenvalue weighted by atomic mass is 10.1. The minimum absolute atomic E-state index is 0.000974. The Morgan fingerprint density at radius 3 is 2.75 bits per heavy atom. The molecule has 10 heteroatoms. The number of anilines is 1. The number of thiazole rings is 1. The number of phenols is 1. The monoisotopic (exact) mass is 421 g/mol. The van der Waals surface area contributed by atoms with E-state index in [1.54, 1.807) is 13.8 Å². The van der Waals surface area contributed by atoms with Crippen LogP contribution in [0.25, 0.3) is 5.57 Å². The minimum atomic E-state index is -0.538. The van der Waals surface area contributed by atoms with Gasteiger partial charge in [0, 0.05) is 5.57 Å². The van der Waals surface area contributed by atoms with Gasteiger partial charge >= 0.3 is 5.97 Å². The molecule has 0 radical (unpaired) electrons. The number of carbonyl (C=O) groups is 2. The molecule has 0 atom stereocenters. The quantitative estimate of drug-likeness (QED) is 0.371. The van der Waals surface area contributed by atoms with Crippen molar-refractivity contribution < 1.29 is 24.2 Å². The van der Waals surface area contributed by atoms with E-state index in [0.717, 1.165) is 11.3 Å². The predicted octanol–water partition coefficient (Wildman–Crippen LogP) is 2.87. The number of nitrogens with one attached hydrogen (secondary N) is 2. The van der Waals surface area contributed by atoms with E-state index in [0.29, 0.717) is 21.3 Å². The second kappa shape index (κ2) is 9.29. The largest absolute Gasteiger partial charge is 0.504 e. The summed E-state index contributed by atoms with van der Waals surface area (Å²) in [6, 6.07) is 4.42. The van der Waals surface area contributed by atoms with E-state index < -0.39 is 11.9 Å². The molecule has 2 rings (SSSR count). The normalized spacial score (nSPS) is 10.1. The summed E-state index contributed by atoms with van der Waals surface area (Å²) < 4.78 is 9.98. The number of esters is 1. The Labute approximate surface area is 171 Å². The van der Waals surface area contributed by atoms with Crippen molar-refractivity contribution in [2.24, 2.45) is 0 Å². The van der Waals surface area contributed by atoms with Gasteiger partial charge in [0.15, 0.2) is 21.7 Å². The van der Waals surface area contributed by atoms with Gasteiger partial charge in [0.05, 0.1) is 19.4 Å². The van der Waals surface area contributed by atoms with Gasteiger partial charge in [0.25, 0.3) is 5.91 Å². The van der Waals surface area contributed by atoms with E-state index in [2.05, 4.69) is 22.2 Å². The van der Waals surface area contributed by atoms with Crippen molar-refractivity contribution in [2.45, 2.75) is 13.8 Å². The SMILES string of the molecule is C=C(C(=O)NC(=S)Nc1nc(C)c(C(=O)OCC)s1)c1ccc(O)c(OC)c1. The Bertz CT molecular complexity index is 939. The summed E-state index contributed by atoms with van der Waals surface area (Å²) in [4.78, 5) is 28.8. The average Bonchev–Trinajstić information content (AvgIpc) is 3.01. The fraction of sp³-hybridized carbons (Fsp3) is 0.222. The summed E-state index contributed by atoms with van der Waals surface area (Å²) in [7, 11) is 1.40. The van der Waals surface area contributed by atoms with Crippen LogP contribution in [0.3, 0.4) is 0 Å². The number of thiocarbonyl (C=S) groups is 1. The third-order valence-electron chi connectivity index (χ3n) is 3.51. The van der Waals surface area contributed by atoms with Gasteiger partial charge in [-0.05, 0) is 43.8 Å². The molecule has 0 unspecified atom stereocenters. The van der Waals surface area contributed by atoms with E-state index >= 15 is 0 Å². The van der Waals surface area contributed by atoms with Crippen molar-refractivity contribution in [3.05, 3.63) is 40.9 Å². The molecule has 8 nitrogen and oxygen atoms in total. The zero-order valence-electron chi connectivity index (χ0n) is 15.5. The van der Waals surface area contributed by atoms with E-state index in [4.69, 9.17) is 21.7 Å². The van der Waals surface area contributed by atoms with Crippen LogP contribution < -0.4 is 15.4 Å². The maximum atomic E-state index is 12.4. The van der Waals surface area contributed by atoms with Gasteiger partial charge in [0.2, 0.25) is 0 Å². The van der Waals surface area contributed by atoms with E-state index in [1.807, 2.05) is 0 Å². The third-order valence-corrected chi connectivity index (χ3v) is 4.76. The molecular weight excluding hydrogens is 402 g/mol. The van der Waals surface area contributed by atoms with Gasteiger partial charge in [-0.1, -0.05) is 24.0 Å². The van der Waals surface area contributed by atoms with Crippen LogP contribution in [0.15, 0.2) is 24.8 Å². The fourth-order valence-electron chi connectivity index (χ4n) is 2.14. The number of ether oxygens (including phenoxy) is 2. The standard InChI is InChI=1S/C18H19N3O5S2/c1-5-26-16(24)14-10(3)19-18(28-14)21-17(27)20-15(23)9(2)11-6-7-12(22)13(8-11)25-4/h6-8,22H,2,5H2,1,3-4H3,(H2,19,20,21,23,27). The Hall–Kier alpha value is -2.98. The molecule has 0 aliphatic heterocycles. The molecular formula is C18H19N3O5S2. The maximum Gasteiger partial charge on any atom is 0.350 e. The van der Waals surface area contributed by atoms with Crippen molar-refractivity contribution in [1.29, 1.82) is 0 Å². The molecule has 0 saturated heterocycles. The van der Waals surface area contributed by atoms with Crippen molar-refractivity contribution >= 4 is 51.2 Å². The smallest absolute Gasteiger partial charge is 0.350 e. The van der Waals surface area contributed by atoms with Crippen molar-refractivity contribution in [1.82, 2.24) is 10.3 Å². The van der Waals surface area contributed by atoms with Gasteiger partial charge in [-0.25, -0.2) is 9.78 Å². The molecule has 0 fully saturated rings. The maximum absolute atomic E-state index is 12.4. The molecule has 1 aromatic carbocycles.